The lowest BCUT2D eigenvalue weighted by atomic mass is 10.2. The van der Waals surface area contributed by atoms with E-state index >= 15 is 0 Å². The van der Waals surface area contributed by atoms with Gasteiger partial charge in [-0.2, -0.15) is 0 Å². The van der Waals surface area contributed by atoms with Crippen LogP contribution in [0.15, 0.2) is 23.0 Å². The molecule has 0 saturated heterocycles. The molecule has 0 saturated carbocycles. The largest absolute Gasteiger partial charge is 0.481 e. The van der Waals surface area contributed by atoms with Gasteiger partial charge in [0.15, 0.2) is 11.9 Å². The number of non-ortho nitro benzene ring substituents is 1. The molecule has 0 radical (unpaired) electrons. The first kappa shape index (κ1) is 17.4. The highest BCUT2D eigenvalue weighted by Gasteiger charge is 2.18. The third-order valence-corrected chi connectivity index (χ3v) is 5.27. The Hall–Kier alpha value is -2.45. The van der Waals surface area contributed by atoms with Gasteiger partial charge in [0.2, 0.25) is 0 Å². The van der Waals surface area contributed by atoms with E-state index in [0.717, 1.165) is 10.4 Å². The summed E-state index contributed by atoms with van der Waals surface area (Å²) in [6.45, 7) is 5.55. The number of hydrogen-bond donors (Lipinski definition) is 1. The summed E-state index contributed by atoms with van der Waals surface area (Å²) < 4.78 is 5.72. The zero-order valence-corrected chi connectivity index (χ0v) is 15.2. The van der Waals surface area contributed by atoms with Gasteiger partial charge in [-0.1, -0.05) is 11.6 Å². The Morgan fingerprint density at radius 3 is 2.76 bits per heavy atom. The summed E-state index contributed by atoms with van der Waals surface area (Å²) in [4.78, 5) is 31.5. The van der Waals surface area contributed by atoms with Crippen LogP contribution in [0.1, 0.15) is 29.3 Å². The Balaban J connectivity index is 1.94. The Morgan fingerprint density at radius 1 is 1.40 bits per heavy atom. The molecule has 1 atom stereocenters. The lowest BCUT2D eigenvalue weighted by Crippen LogP contribution is -2.16. The molecule has 0 fully saturated rings. The number of ether oxygens (including phenoxy) is 1. The SMILES string of the molecule is Cc1sc2nc([C@H](C)Oc3ccc([N+](=O)[O-])cc3Cl)[nH]c(=O)c2c1C. The molecule has 0 spiro atoms. The van der Waals surface area contributed by atoms with Crippen molar-refractivity contribution >= 4 is 38.8 Å². The number of aromatic amines is 1. The van der Waals surface area contributed by atoms with Crippen LogP contribution in [0.3, 0.4) is 0 Å². The number of nitro benzene ring substituents is 1. The van der Waals surface area contributed by atoms with Crippen molar-refractivity contribution in [1.29, 1.82) is 0 Å². The zero-order chi connectivity index (χ0) is 18.3. The van der Waals surface area contributed by atoms with E-state index in [0.29, 0.717) is 16.0 Å². The molecule has 130 valence electrons. The molecule has 2 heterocycles. The van der Waals surface area contributed by atoms with Crippen LogP contribution in [0.2, 0.25) is 5.02 Å². The predicted octanol–water partition coefficient (Wildman–Crippen LogP) is 4.30. The standard InChI is InChI=1S/C16H14ClN3O4S/c1-7-9(3)25-16-13(7)15(21)18-14(19-16)8(2)24-12-5-4-10(20(22)23)6-11(12)17/h4-6,8H,1-3H3,(H,18,19,21)/t8-/m0/s1. The van der Waals surface area contributed by atoms with Crippen molar-refractivity contribution in [2.75, 3.05) is 0 Å². The van der Waals surface area contributed by atoms with E-state index in [-0.39, 0.29) is 22.0 Å². The second-order valence-corrected chi connectivity index (χ2v) is 7.16. The fourth-order valence-electron chi connectivity index (χ4n) is 2.41. The van der Waals surface area contributed by atoms with Crippen LogP contribution < -0.4 is 10.3 Å². The number of benzene rings is 1. The van der Waals surface area contributed by atoms with Gasteiger partial charge in [0.1, 0.15) is 10.6 Å². The highest BCUT2D eigenvalue weighted by atomic mass is 35.5. The number of thiophene rings is 1. The number of nitro groups is 1. The average Bonchev–Trinajstić information content (AvgIpc) is 2.84. The first-order chi connectivity index (χ1) is 11.8. The van der Waals surface area contributed by atoms with Crippen LogP contribution in [-0.4, -0.2) is 14.9 Å². The minimum absolute atomic E-state index is 0.118. The monoisotopic (exact) mass is 379 g/mol. The van der Waals surface area contributed by atoms with Gasteiger partial charge in [-0.15, -0.1) is 11.3 Å². The molecule has 0 aliphatic heterocycles. The van der Waals surface area contributed by atoms with Crippen molar-refractivity contribution < 1.29 is 9.66 Å². The Bertz CT molecular complexity index is 1040. The van der Waals surface area contributed by atoms with Gasteiger partial charge in [0.25, 0.3) is 11.2 Å². The van der Waals surface area contributed by atoms with Crippen molar-refractivity contribution in [2.45, 2.75) is 26.9 Å². The van der Waals surface area contributed by atoms with E-state index in [1.54, 1.807) is 6.92 Å². The number of nitrogens with one attached hydrogen (secondary N) is 1. The molecular formula is C16H14ClN3O4S. The quantitative estimate of drug-likeness (QED) is 0.538. The lowest BCUT2D eigenvalue weighted by molar-refractivity contribution is -0.384. The number of rotatable bonds is 4. The fourth-order valence-corrected chi connectivity index (χ4v) is 3.67. The van der Waals surface area contributed by atoms with E-state index in [1.165, 1.54) is 29.5 Å². The molecule has 0 unspecified atom stereocenters. The number of hydrogen-bond acceptors (Lipinski definition) is 6. The molecule has 0 bridgehead atoms. The van der Waals surface area contributed by atoms with Crippen molar-refractivity contribution in [1.82, 2.24) is 9.97 Å². The maximum Gasteiger partial charge on any atom is 0.271 e. The minimum Gasteiger partial charge on any atom is -0.481 e. The van der Waals surface area contributed by atoms with Crippen molar-refractivity contribution in [3.8, 4) is 5.75 Å². The molecule has 0 aliphatic carbocycles. The Morgan fingerprint density at radius 2 is 2.12 bits per heavy atom. The summed E-state index contributed by atoms with van der Waals surface area (Å²) in [6.07, 6.45) is -0.584. The van der Waals surface area contributed by atoms with E-state index in [2.05, 4.69) is 9.97 Å². The zero-order valence-electron chi connectivity index (χ0n) is 13.6. The molecule has 25 heavy (non-hydrogen) atoms. The first-order valence-electron chi connectivity index (χ1n) is 7.38. The summed E-state index contributed by atoms with van der Waals surface area (Å²) in [7, 11) is 0. The molecule has 1 aromatic carbocycles. The predicted molar refractivity (Wildman–Crippen MR) is 96.9 cm³/mol. The van der Waals surface area contributed by atoms with Gasteiger partial charge in [-0.3, -0.25) is 14.9 Å². The van der Waals surface area contributed by atoms with Gasteiger partial charge in [-0.05, 0) is 32.4 Å². The maximum absolute atomic E-state index is 12.3. The maximum atomic E-state index is 12.3. The van der Waals surface area contributed by atoms with Gasteiger partial charge in [-0.25, -0.2) is 4.98 Å². The molecule has 2 aromatic heterocycles. The highest BCUT2D eigenvalue weighted by Crippen LogP contribution is 2.32. The topological polar surface area (TPSA) is 98.1 Å². The Kier molecular flexibility index (Phi) is 4.49. The fraction of sp³-hybridized carbons (Fsp3) is 0.250. The normalized spacial score (nSPS) is 12.3. The van der Waals surface area contributed by atoms with Crippen molar-refractivity contribution in [2.24, 2.45) is 0 Å². The van der Waals surface area contributed by atoms with E-state index < -0.39 is 11.0 Å². The first-order valence-corrected chi connectivity index (χ1v) is 8.58. The van der Waals surface area contributed by atoms with Crippen LogP contribution in [0.25, 0.3) is 10.2 Å². The summed E-state index contributed by atoms with van der Waals surface area (Å²) in [5, 5.41) is 11.5. The molecule has 0 amide bonds. The van der Waals surface area contributed by atoms with E-state index in [4.69, 9.17) is 16.3 Å². The molecule has 0 aliphatic rings. The second-order valence-electron chi connectivity index (χ2n) is 5.55. The van der Waals surface area contributed by atoms with Crippen LogP contribution in [-0.2, 0) is 0 Å². The third-order valence-electron chi connectivity index (χ3n) is 3.87. The van der Waals surface area contributed by atoms with Crippen LogP contribution >= 0.6 is 22.9 Å². The van der Waals surface area contributed by atoms with Crippen molar-refractivity contribution in [3.05, 3.63) is 60.0 Å². The third kappa shape index (κ3) is 3.22. The van der Waals surface area contributed by atoms with Crippen LogP contribution in [0.5, 0.6) is 5.75 Å². The van der Waals surface area contributed by atoms with Crippen molar-refractivity contribution in [3.63, 3.8) is 0 Å². The summed E-state index contributed by atoms with van der Waals surface area (Å²) >= 11 is 7.49. The second kappa shape index (κ2) is 6.45. The van der Waals surface area contributed by atoms with Gasteiger partial charge >= 0.3 is 0 Å². The number of aryl methyl sites for hydroxylation is 2. The van der Waals surface area contributed by atoms with Crippen LogP contribution in [0.4, 0.5) is 5.69 Å². The number of H-pyrrole nitrogens is 1. The molecular weight excluding hydrogens is 366 g/mol. The number of aromatic nitrogens is 2. The molecule has 3 aromatic rings. The summed E-state index contributed by atoms with van der Waals surface area (Å²) in [5.74, 6) is 0.647. The Labute approximate surface area is 151 Å². The molecule has 9 heteroatoms. The number of halogens is 1. The molecule has 3 rings (SSSR count). The van der Waals surface area contributed by atoms with Gasteiger partial charge in [0, 0.05) is 17.0 Å². The summed E-state index contributed by atoms with van der Waals surface area (Å²) in [5.41, 5.74) is 0.585. The lowest BCUT2D eigenvalue weighted by Gasteiger charge is -2.14. The number of fused-ring (bicyclic) bond motifs is 1. The smallest absolute Gasteiger partial charge is 0.271 e. The van der Waals surface area contributed by atoms with Crippen LogP contribution in [0, 0.1) is 24.0 Å². The number of nitrogens with zero attached hydrogens (tertiary/aromatic N) is 2. The molecule has 1 N–H and O–H groups in total. The minimum atomic E-state index is -0.584. The van der Waals surface area contributed by atoms with Gasteiger partial charge < -0.3 is 9.72 Å². The molecule has 7 nitrogen and oxygen atoms in total. The van der Waals surface area contributed by atoms with E-state index in [1.807, 2.05) is 13.8 Å². The highest BCUT2D eigenvalue weighted by molar-refractivity contribution is 7.18. The van der Waals surface area contributed by atoms with E-state index in [9.17, 15) is 14.9 Å². The average molecular weight is 380 g/mol. The summed E-state index contributed by atoms with van der Waals surface area (Å²) in [6, 6.07) is 3.95. The van der Waals surface area contributed by atoms with Gasteiger partial charge in [0.05, 0.1) is 15.3 Å².